The van der Waals surface area contributed by atoms with E-state index in [-0.39, 0.29) is 58.6 Å². The normalized spacial score (nSPS) is 49.6. The van der Waals surface area contributed by atoms with E-state index < -0.39 is 35.9 Å². The van der Waals surface area contributed by atoms with Gasteiger partial charge in [-0.3, -0.25) is 14.4 Å². The number of amides is 1. The van der Waals surface area contributed by atoms with Gasteiger partial charge in [0.1, 0.15) is 24.9 Å². The largest absolute Gasteiger partial charge is 0.481 e. The minimum atomic E-state index is -1.42. The summed E-state index contributed by atoms with van der Waals surface area (Å²) in [6.45, 7) is 18.4. The van der Waals surface area contributed by atoms with Gasteiger partial charge in [-0.15, -0.1) is 5.06 Å². The third-order valence-electron chi connectivity index (χ3n) is 16.2. The quantitative estimate of drug-likeness (QED) is 0.194. The third-order valence-corrected chi connectivity index (χ3v) is 16.2. The van der Waals surface area contributed by atoms with Crippen molar-refractivity contribution in [1.29, 1.82) is 0 Å². The van der Waals surface area contributed by atoms with Crippen LogP contribution in [0, 0.1) is 56.7 Å². The van der Waals surface area contributed by atoms with Crippen LogP contribution in [0.5, 0.6) is 0 Å². The molecular formula is C38H62N2O8. The van der Waals surface area contributed by atoms with E-state index in [2.05, 4.69) is 53.4 Å². The molecule has 1 saturated heterocycles. The minimum absolute atomic E-state index is 0.0386. The van der Waals surface area contributed by atoms with Crippen molar-refractivity contribution in [2.45, 2.75) is 136 Å². The van der Waals surface area contributed by atoms with E-state index in [1.54, 1.807) is 0 Å². The fraction of sp³-hybridized carbons (Fsp3) is 0.895. The number of rotatable bonds is 7. The Morgan fingerprint density at radius 2 is 1.60 bits per heavy atom. The number of hydroxylamine groups is 2. The molecule has 5 unspecified atom stereocenters. The predicted octanol–water partition coefficient (Wildman–Crippen LogP) is 4.52. The molecule has 0 radical (unpaired) electrons. The number of carbonyl (C=O) groups is 2. The molecule has 5 aliphatic carbocycles. The molecule has 5 N–H and O–H groups in total. The highest BCUT2D eigenvalue weighted by Gasteiger charge is 2.72. The Balaban J connectivity index is 1.20. The smallest absolute Gasteiger partial charge is 0.309 e. The number of hydrogen-bond donors (Lipinski definition) is 5. The first kappa shape index (κ1) is 36.2. The highest BCUT2D eigenvalue weighted by Crippen LogP contribution is 2.77. The van der Waals surface area contributed by atoms with Crippen molar-refractivity contribution in [2.75, 3.05) is 20.3 Å². The summed E-state index contributed by atoms with van der Waals surface area (Å²) in [5.74, 6) is 0.950. The number of hydrogen-bond acceptors (Lipinski definition) is 8. The molecule has 6 rings (SSSR count). The van der Waals surface area contributed by atoms with Crippen LogP contribution in [0.25, 0.3) is 0 Å². The van der Waals surface area contributed by atoms with E-state index in [1.165, 1.54) is 12.2 Å². The average molecular weight is 675 g/mol. The molecule has 1 amide bonds. The summed E-state index contributed by atoms with van der Waals surface area (Å²) in [6.07, 6.45) is 4.65. The maximum Gasteiger partial charge on any atom is 0.309 e. The fourth-order valence-electron chi connectivity index (χ4n) is 13.5. The number of carboxylic acid groups (broad SMARTS) is 1. The van der Waals surface area contributed by atoms with Gasteiger partial charge in [0.15, 0.2) is 6.23 Å². The number of aliphatic hydroxyl groups is 3. The van der Waals surface area contributed by atoms with Crippen LogP contribution >= 0.6 is 0 Å². The molecule has 1 heterocycles. The molecule has 0 spiro atoms. The maximum atomic E-state index is 13.5. The van der Waals surface area contributed by atoms with Crippen molar-refractivity contribution < 1.29 is 39.6 Å². The Hall–Kier alpha value is -1.56. The molecular weight excluding hydrogens is 612 g/mol. The van der Waals surface area contributed by atoms with Gasteiger partial charge in [-0.05, 0) is 122 Å². The molecule has 10 heteroatoms. The van der Waals surface area contributed by atoms with Crippen LogP contribution in [0.15, 0.2) is 12.2 Å². The zero-order valence-corrected chi connectivity index (χ0v) is 30.3. The second kappa shape index (κ2) is 12.3. The number of allylic oxidation sites excluding steroid dienone is 1. The molecule has 0 aromatic carbocycles. The van der Waals surface area contributed by atoms with E-state index in [1.807, 2.05) is 0 Å². The number of nitrogens with one attached hydrogen (secondary N) is 1. The lowest BCUT2D eigenvalue weighted by Gasteiger charge is -2.73. The van der Waals surface area contributed by atoms with Crippen molar-refractivity contribution in [2.24, 2.45) is 56.7 Å². The number of carboxylic acids is 1. The number of nitrogens with zero attached hydrogens (tertiary/aromatic N) is 1. The third kappa shape index (κ3) is 5.08. The maximum absolute atomic E-state index is 13.5. The van der Waals surface area contributed by atoms with E-state index >= 15 is 0 Å². The van der Waals surface area contributed by atoms with Gasteiger partial charge in [-0.2, -0.15) is 0 Å². The van der Waals surface area contributed by atoms with Crippen LogP contribution in [-0.4, -0.2) is 88.2 Å². The first-order valence-electron chi connectivity index (χ1n) is 18.5. The summed E-state index contributed by atoms with van der Waals surface area (Å²) >= 11 is 0. The lowest BCUT2D eigenvalue weighted by atomic mass is 9.32. The van der Waals surface area contributed by atoms with Gasteiger partial charge in [0.25, 0.3) is 0 Å². The van der Waals surface area contributed by atoms with Crippen molar-refractivity contribution >= 4 is 11.9 Å². The zero-order valence-electron chi connectivity index (χ0n) is 30.3. The second-order valence-electron chi connectivity index (χ2n) is 18.2. The van der Waals surface area contributed by atoms with Gasteiger partial charge in [0.05, 0.1) is 19.1 Å². The van der Waals surface area contributed by atoms with Crippen molar-refractivity contribution in [3.8, 4) is 0 Å². The molecule has 0 aromatic heterocycles. The van der Waals surface area contributed by atoms with Gasteiger partial charge in [-0.1, -0.05) is 46.8 Å². The standard InChI is InChI=1S/C38H62N2O8/c1-21(2)22-11-16-38(33(45)46)18-17-36(6)23(29(22)38)9-10-26-35(5)14-13-27(34(3,4)25(35)12-15-37(26,36)7)39-28(42)19-40(47-8)32-31(44)30(43)24(41)20-48-32/h22-27,29-32,41,43-44H,1,9-20H2,2-8H3,(H,39,42)(H,45,46)/t22-,23?,24+,25?,26?,27-,29?,30-,31?,32+,35-,36+,37+,38-/m0/s1. The van der Waals surface area contributed by atoms with Gasteiger partial charge in [0.2, 0.25) is 5.91 Å². The van der Waals surface area contributed by atoms with Crippen LogP contribution in [0.3, 0.4) is 0 Å². The van der Waals surface area contributed by atoms with Gasteiger partial charge in [0, 0.05) is 6.04 Å². The Bertz CT molecular complexity index is 1290. The SMILES string of the molecule is C=C(C)[C@@H]1CC[C@]2(C(=O)O)CC[C@]3(C)C(CCC4[C@@]5(C)CC[C@H](NC(=O)CN(OC)[C@@H]6OC[C@@H](O)[C@H](O)C6O)C(C)(C)C5CC[C@]43C)C12. The highest BCUT2D eigenvalue weighted by atomic mass is 16.7. The van der Waals surface area contributed by atoms with Gasteiger partial charge in [-0.25, -0.2) is 0 Å². The van der Waals surface area contributed by atoms with Crippen molar-refractivity contribution in [3.05, 3.63) is 12.2 Å². The van der Waals surface area contributed by atoms with E-state index in [0.717, 1.165) is 69.8 Å². The molecule has 48 heavy (non-hydrogen) atoms. The van der Waals surface area contributed by atoms with E-state index in [4.69, 9.17) is 9.57 Å². The summed E-state index contributed by atoms with van der Waals surface area (Å²) in [4.78, 5) is 31.9. The monoisotopic (exact) mass is 674 g/mol. The number of ether oxygens (including phenoxy) is 1. The molecule has 10 nitrogen and oxygen atoms in total. The second-order valence-corrected chi connectivity index (χ2v) is 18.2. The Labute approximate surface area is 287 Å². The van der Waals surface area contributed by atoms with E-state index in [9.17, 15) is 30.0 Å². The number of aliphatic carboxylic acids is 1. The molecule has 272 valence electrons. The summed E-state index contributed by atoms with van der Waals surface area (Å²) in [7, 11) is 1.39. The Kier molecular flexibility index (Phi) is 9.28. The number of carbonyl (C=O) groups excluding carboxylic acids is 1. The first-order chi connectivity index (χ1) is 22.4. The lowest BCUT2D eigenvalue weighted by molar-refractivity contribution is -0.303. The average Bonchev–Trinajstić information content (AvgIpc) is 3.42. The highest BCUT2D eigenvalue weighted by molar-refractivity contribution is 5.78. The summed E-state index contributed by atoms with van der Waals surface area (Å²) < 4.78 is 5.53. The first-order valence-corrected chi connectivity index (χ1v) is 18.5. The van der Waals surface area contributed by atoms with E-state index in [0.29, 0.717) is 17.8 Å². The molecule has 1 aliphatic heterocycles. The van der Waals surface area contributed by atoms with Crippen molar-refractivity contribution in [3.63, 3.8) is 0 Å². The van der Waals surface area contributed by atoms with Gasteiger partial charge >= 0.3 is 5.97 Å². The fourth-order valence-corrected chi connectivity index (χ4v) is 13.5. The molecule has 0 bridgehead atoms. The van der Waals surface area contributed by atoms with Crippen LogP contribution in [0.1, 0.15) is 106 Å². The summed E-state index contributed by atoms with van der Waals surface area (Å²) in [5, 5.41) is 45.7. The van der Waals surface area contributed by atoms with Gasteiger partial charge < -0.3 is 30.5 Å². The van der Waals surface area contributed by atoms with Crippen molar-refractivity contribution in [1.82, 2.24) is 10.4 Å². The van der Waals surface area contributed by atoms with Crippen LogP contribution in [0.4, 0.5) is 0 Å². The summed E-state index contributed by atoms with van der Waals surface area (Å²) in [5.41, 5.74) is 0.661. The van der Waals surface area contributed by atoms with Crippen LogP contribution in [-0.2, 0) is 19.2 Å². The molecule has 6 aliphatic rings. The minimum Gasteiger partial charge on any atom is -0.481 e. The topological polar surface area (TPSA) is 149 Å². The zero-order chi connectivity index (χ0) is 35.2. The van der Waals surface area contributed by atoms with Crippen LogP contribution in [0.2, 0.25) is 0 Å². The number of aliphatic hydroxyl groups excluding tert-OH is 3. The molecule has 5 saturated carbocycles. The molecule has 0 aromatic rings. The lowest BCUT2D eigenvalue weighted by Crippen LogP contribution is -2.68. The Morgan fingerprint density at radius 1 is 0.896 bits per heavy atom. The Morgan fingerprint density at radius 3 is 2.25 bits per heavy atom. The number of fused-ring (bicyclic) bond motifs is 7. The summed E-state index contributed by atoms with van der Waals surface area (Å²) in [6, 6.07) is -0.0386. The molecule has 6 fully saturated rings. The molecule has 14 atom stereocenters. The van der Waals surface area contributed by atoms with Crippen LogP contribution < -0.4 is 5.32 Å². The predicted molar refractivity (Wildman–Crippen MR) is 180 cm³/mol.